The quantitative estimate of drug-likeness (QED) is 0.166. The molecule has 5 rings (SSSR count). The summed E-state index contributed by atoms with van der Waals surface area (Å²) in [4.78, 5) is 43.9. The Kier molecular flexibility index (Phi) is 13.5. The van der Waals surface area contributed by atoms with Crippen molar-refractivity contribution >= 4 is 23.6 Å². The Balaban J connectivity index is 1.13. The van der Waals surface area contributed by atoms with Gasteiger partial charge in [0.2, 0.25) is 0 Å². The number of hydrogen-bond acceptors (Lipinski definition) is 11. The first-order valence-electron chi connectivity index (χ1n) is 19.4. The predicted molar refractivity (Wildman–Crippen MR) is 208 cm³/mol. The third-order valence-electron chi connectivity index (χ3n) is 10.1. The molecule has 0 saturated carbocycles. The van der Waals surface area contributed by atoms with E-state index in [2.05, 4.69) is 44.6 Å². The van der Waals surface area contributed by atoms with Gasteiger partial charge in [0.15, 0.2) is 0 Å². The molecule has 2 aliphatic heterocycles. The van der Waals surface area contributed by atoms with E-state index in [1.807, 2.05) is 78.2 Å². The van der Waals surface area contributed by atoms with Crippen LogP contribution in [-0.4, -0.2) is 93.3 Å². The van der Waals surface area contributed by atoms with Crippen LogP contribution in [0.2, 0.25) is 0 Å². The molecule has 2 saturated heterocycles. The molecule has 2 aliphatic rings. The lowest BCUT2D eigenvalue weighted by Gasteiger charge is -2.28. The summed E-state index contributed by atoms with van der Waals surface area (Å²) in [6.07, 6.45) is 6.48. The van der Waals surface area contributed by atoms with E-state index in [-0.39, 0.29) is 36.0 Å². The zero-order chi connectivity index (χ0) is 38.2. The second-order valence-corrected chi connectivity index (χ2v) is 17.1. The minimum Gasteiger partial charge on any atom is -0.461 e. The number of anilines is 2. The molecule has 2 atom stereocenters. The topological polar surface area (TPSA) is 120 Å². The smallest absolute Gasteiger partial charge is 0.306 e. The summed E-state index contributed by atoms with van der Waals surface area (Å²) in [6.45, 7) is 24.1. The van der Waals surface area contributed by atoms with E-state index in [1.165, 1.54) is 0 Å². The van der Waals surface area contributed by atoms with Crippen molar-refractivity contribution < 1.29 is 19.1 Å². The molecule has 0 bridgehead atoms. The molecule has 0 spiro atoms. The summed E-state index contributed by atoms with van der Waals surface area (Å²) in [7, 11) is 0. The van der Waals surface area contributed by atoms with Gasteiger partial charge in [-0.2, -0.15) is 5.10 Å². The SMILES string of the molecule is CCN(Cc1cc(CN(CC)C2CCN(c3ncccc3COC(=O)CC(C)(C)C)C2)[nH]n1)C1CCN(c2ncccc2COC(=O)CC(C)(C)C)C1. The van der Waals surface area contributed by atoms with Crippen molar-refractivity contribution in [2.24, 2.45) is 10.8 Å². The maximum atomic E-state index is 12.4. The van der Waals surface area contributed by atoms with Crippen molar-refractivity contribution in [2.45, 2.75) is 119 Å². The minimum atomic E-state index is -0.180. The summed E-state index contributed by atoms with van der Waals surface area (Å²) < 4.78 is 11.3. The first kappa shape index (κ1) is 40.2. The van der Waals surface area contributed by atoms with Crippen LogP contribution < -0.4 is 9.80 Å². The molecule has 5 heterocycles. The minimum absolute atomic E-state index is 0.110. The number of carbonyl (C=O) groups is 2. The molecule has 1 N–H and O–H groups in total. The lowest BCUT2D eigenvalue weighted by atomic mass is 9.92. The number of carbonyl (C=O) groups excluding carboxylic acids is 2. The Bertz CT molecular complexity index is 1530. The Labute approximate surface area is 316 Å². The predicted octanol–water partition coefficient (Wildman–Crippen LogP) is 6.36. The van der Waals surface area contributed by atoms with Gasteiger partial charge >= 0.3 is 11.9 Å². The number of aromatic nitrogens is 4. The average molecular weight is 731 g/mol. The molecular weight excluding hydrogens is 669 g/mol. The highest BCUT2D eigenvalue weighted by Crippen LogP contribution is 2.29. The van der Waals surface area contributed by atoms with Crippen LogP contribution in [0.5, 0.6) is 0 Å². The normalized spacial score (nSPS) is 18.0. The van der Waals surface area contributed by atoms with Crippen LogP contribution in [0.1, 0.15) is 104 Å². The van der Waals surface area contributed by atoms with Gasteiger partial charge < -0.3 is 19.3 Å². The molecule has 12 nitrogen and oxygen atoms in total. The van der Waals surface area contributed by atoms with Crippen LogP contribution in [0.15, 0.2) is 42.7 Å². The lowest BCUT2D eigenvalue weighted by molar-refractivity contribution is -0.148. The van der Waals surface area contributed by atoms with E-state index < -0.39 is 0 Å². The van der Waals surface area contributed by atoms with Gasteiger partial charge in [0.25, 0.3) is 0 Å². The third kappa shape index (κ3) is 11.7. The van der Waals surface area contributed by atoms with Gasteiger partial charge in [-0.1, -0.05) is 67.5 Å². The number of nitrogens with one attached hydrogen (secondary N) is 1. The number of hydrogen-bond donors (Lipinski definition) is 1. The molecule has 3 aromatic rings. The standard InChI is InChI=1S/C41H62N8O4/c1-9-46(34-15-19-48(26-34)38-30(13-11-17-42-38)28-52-36(50)22-40(3,4)5)24-32-21-33(45-44-32)25-47(10-2)35-16-20-49(27-35)39-31(14-12-18-43-39)29-53-37(51)23-41(6,7)8/h11-14,17-18,21,34-35H,9-10,15-16,19-20,22-29H2,1-8H3,(H,44,45). The summed E-state index contributed by atoms with van der Waals surface area (Å²) in [6, 6.07) is 10.8. The Morgan fingerprint density at radius 2 is 1.25 bits per heavy atom. The van der Waals surface area contributed by atoms with E-state index in [1.54, 1.807) is 0 Å². The highest BCUT2D eigenvalue weighted by Gasteiger charge is 2.32. The molecule has 0 radical (unpaired) electrons. The van der Waals surface area contributed by atoms with Gasteiger partial charge in [-0.15, -0.1) is 0 Å². The number of likely N-dealkylation sites (N-methyl/N-ethyl adjacent to an activating group) is 2. The van der Waals surface area contributed by atoms with Gasteiger partial charge in [-0.25, -0.2) is 9.97 Å². The highest BCUT2D eigenvalue weighted by atomic mass is 16.5. The first-order chi connectivity index (χ1) is 25.2. The Morgan fingerprint density at radius 3 is 1.70 bits per heavy atom. The van der Waals surface area contributed by atoms with E-state index >= 15 is 0 Å². The van der Waals surface area contributed by atoms with Gasteiger partial charge in [-0.05, 0) is 55.0 Å². The van der Waals surface area contributed by atoms with E-state index in [0.29, 0.717) is 24.9 Å². The molecule has 2 fully saturated rings. The molecule has 290 valence electrons. The zero-order valence-corrected chi connectivity index (χ0v) is 33.4. The van der Waals surface area contributed by atoms with Crippen molar-refractivity contribution in [3.05, 3.63) is 65.2 Å². The number of nitrogens with zero attached hydrogens (tertiary/aromatic N) is 7. The largest absolute Gasteiger partial charge is 0.461 e. The molecule has 0 amide bonds. The summed E-state index contributed by atoms with van der Waals surface area (Å²) in [5.41, 5.74) is 3.84. The number of esters is 2. The summed E-state index contributed by atoms with van der Waals surface area (Å²) >= 11 is 0. The number of aromatic amines is 1. The molecule has 53 heavy (non-hydrogen) atoms. The maximum absolute atomic E-state index is 12.4. The van der Waals surface area contributed by atoms with Crippen molar-refractivity contribution in [3.63, 3.8) is 0 Å². The van der Waals surface area contributed by atoms with Gasteiger partial charge in [-0.3, -0.25) is 24.5 Å². The number of ether oxygens (including phenoxy) is 2. The fraction of sp³-hybridized carbons (Fsp3) is 0.634. The fourth-order valence-electron chi connectivity index (χ4n) is 7.40. The Morgan fingerprint density at radius 1 is 0.774 bits per heavy atom. The monoisotopic (exact) mass is 730 g/mol. The maximum Gasteiger partial charge on any atom is 0.306 e. The third-order valence-corrected chi connectivity index (χ3v) is 10.1. The molecule has 2 unspecified atom stereocenters. The van der Waals surface area contributed by atoms with Crippen LogP contribution in [0.25, 0.3) is 0 Å². The molecule has 0 aliphatic carbocycles. The van der Waals surface area contributed by atoms with Crippen LogP contribution in [0.3, 0.4) is 0 Å². The first-order valence-corrected chi connectivity index (χ1v) is 19.4. The van der Waals surface area contributed by atoms with Crippen molar-refractivity contribution in [1.29, 1.82) is 0 Å². The second kappa shape index (κ2) is 17.9. The van der Waals surface area contributed by atoms with Crippen molar-refractivity contribution in [1.82, 2.24) is 30.0 Å². The van der Waals surface area contributed by atoms with E-state index in [0.717, 1.165) is 99.4 Å². The number of pyridine rings is 2. The van der Waals surface area contributed by atoms with Crippen LogP contribution >= 0.6 is 0 Å². The number of rotatable bonds is 16. The highest BCUT2D eigenvalue weighted by molar-refractivity contribution is 5.70. The molecule has 0 aromatic carbocycles. The van der Waals surface area contributed by atoms with Crippen molar-refractivity contribution in [3.8, 4) is 0 Å². The molecular formula is C41H62N8O4. The summed E-state index contributed by atoms with van der Waals surface area (Å²) in [5.74, 6) is 1.45. The Hall–Kier alpha value is -4.03. The summed E-state index contributed by atoms with van der Waals surface area (Å²) in [5, 5.41) is 8.08. The zero-order valence-electron chi connectivity index (χ0n) is 33.4. The van der Waals surface area contributed by atoms with Gasteiger partial charge in [0.1, 0.15) is 24.8 Å². The fourth-order valence-corrected chi connectivity index (χ4v) is 7.40. The second-order valence-electron chi connectivity index (χ2n) is 17.1. The molecule has 12 heteroatoms. The van der Waals surface area contributed by atoms with Gasteiger partial charge in [0.05, 0.1) is 18.5 Å². The van der Waals surface area contributed by atoms with Crippen LogP contribution in [0, 0.1) is 10.8 Å². The molecule has 3 aromatic heterocycles. The van der Waals surface area contributed by atoms with Crippen LogP contribution in [0.4, 0.5) is 11.6 Å². The van der Waals surface area contributed by atoms with E-state index in [4.69, 9.17) is 24.5 Å². The average Bonchev–Trinajstić information content (AvgIpc) is 3.88. The van der Waals surface area contributed by atoms with Crippen molar-refractivity contribution in [2.75, 3.05) is 49.1 Å². The van der Waals surface area contributed by atoms with Gasteiger partial charge in [0, 0.05) is 80.6 Å². The van der Waals surface area contributed by atoms with Crippen LogP contribution in [-0.2, 0) is 45.4 Å². The number of H-pyrrole nitrogens is 1. The van der Waals surface area contributed by atoms with E-state index in [9.17, 15) is 9.59 Å². The lowest BCUT2D eigenvalue weighted by Crippen LogP contribution is -2.37.